The van der Waals surface area contributed by atoms with Crippen molar-refractivity contribution in [1.29, 1.82) is 0 Å². The molecule has 1 amide bonds. The van der Waals surface area contributed by atoms with E-state index >= 15 is 0 Å². The zero-order valence-corrected chi connectivity index (χ0v) is 19.6. The molecule has 1 N–H and O–H groups in total. The number of pyridine rings is 1. The molecule has 1 atom stereocenters. The largest absolute Gasteiger partial charge is 0.488 e. The van der Waals surface area contributed by atoms with E-state index in [9.17, 15) is 13.2 Å². The van der Waals surface area contributed by atoms with Crippen LogP contribution in [0.3, 0.4) is 0 Å². The number of anilines is 1. The number of carbonyl (C=O) groups is 1. The molecule has 0 aliphatic rings. The summed E-state index contributed by atoms with van der Waals surface area (Å²) in [7, 11) is -0.0886. The molecule has 3 aromatic rings. The fourth-order valence-electron chi connectivity index (χ4n) is 2.90. The highest BCUT2D eigenvalue weighted by Gasteiger charge is 2.16. The fourth-order valence-corrected chi connectivity index (χ4v) is 3.46. The first-order valence-corrected chi connectivity index (χ1v) is 12.0. The first kappa shape index (κ1) is 24.2. The number of aryl methyl sites for hydroxylation is 1. The van der Waals surface area contributed by atoms with Crippen LogP contribution in [-0.4, -0.2) is 55.2 Å². The molecule has 1 unspecified atom stereocenters. The van der Waals surface area contributed by atoms with Crippen LogP contribution in [0.15, 0.2) is 53.8 Å². The number of rotatable bonds is 10. The van der Waals surface area contributed by atoms with Crippen molar-refractivity contribution in [3.05, 3.63) is 54.4 Å². The highest BCUT2D eigenvalue weighted by molar-refractivity contribution is 7.90. The Balaban J connectivity index is 1.89. The molecule has 0 fully saturated rings. The van der Waals surface area contributed by atoms with Gasteiger partial charge in [0.15, 0.2) is 20.7 Å². The summed E-state index contributed by atoms with van der Waals surface area (Å²) < 4.78 is 41.8. The van der Waals surface area contributed by atoms with Crippen LogP contribution < -0.4 is 14.8 Å². The second-order valence-corrected chi connectivity index (χ2v) is 9.29. The second-order valence-electron chi connectivity index (χ2n) is 7.33. The Hall–Kier alpha value is -3.44. The highest BCUT2D eigenvalue weighted by Crippen LogP contribution is 2.29. The maximum absolute atomic E-state index is 12.8. The fraction of sp³-hybridized carbons (Fsp3) is 0.318. The van der Waals surface area contributed by atoms with Crippen molar-refractivity contribution in [2.24, 2.45) is 7.05 Å². The molecule has 0 radical (unpaired) electrons. The third-order valence-electron chi connectivity index (χ3n) is 4.53. The number of carbonyl (C=O) groups excluding carboxylic acids is 1. The lowest BCUT2D eigenvalue weighted by atomic mass is 10.1. The molecule has 0 saturated heterocycles. The Morgan fingerprint density at radius 1 is 1.15 bits per heavy atom. The molecular weight excluding hydrogens is 448 g/mol. The first-order chi connectivity index (χ1) is 15.7. The molecule has 0 spiro atoms. The third kappa shape index (κ3) is 6.77. The summed E-state index contributed by atoms with van der Waals surface area (Å²) in [5.41, 5.74) is 0.293. The Morgan fingerprint density at radius 3 is 2.48 bits per heavy atom. The molecule has 0 aliphatic carbocycles. The van der Waals surface area contributed by atoms with E-state index in [0.29, 0.717) is 41.7 Å². The molecule has 176 valence electrons. The van der Waals surface area contributed by atoms with Gasteiger partial charge in [-0.2, -0.15) is 5.10 Å². The minimum absolute atomic E-state index is 0.0623. The molecule has 10 nitrogen and oxygen atoms in total. The van der Waals surface area contributed by atoms with E-state index in [0.717, 1.165) is 6.26 Å². The number of benzene rings is 1. The number of nitrogens with one attached hydrogen (secondary N) is 1. The summed E-state index contributed by atoms with van der Waals surface area (Å²) in [5, 5.41) is 6.82. The number of sulfone groups is 1. The molecule has 2 aromatic heterocycles. The van der Waals surface area contributed by atoms with Crippen molar-refractivity contribution in [1.82, 2.24) is 14.8 Å². The van der Waals surface area contributed by atoms with Crippen molar-refractivity contribution < 1.29 is 27.4 Å². The molecular formula is C22H26N4O6S. The summed E-state index contributed by atoms with van der Waals surface area (Å²) in [6.45, 7) is 2.35. The minimum atomic E-state index is -3.43. The Kier molecular flexibility index (Phi) is 7.67. The summed E-state index contributed by atoms with van der Waals surface area (Å²) in [6.07, 6.45) is 4.58. The van der Waals surface area contributed by atoms with Crippen LogP contribution in [0.25, 0.3) is 0 Å². The Labute approximate surface area is 192 Å². The monoisotopic (exact) mass is 474 g/mol. The smallest absolute Gasteiger partial charge is 0.257 e. The van der Waals surface area contributed by atoms with Gasteiger partial charge in [-0.05, 0) is 30.7 Å². The molecule has 0 aliphatic heterocycles. The second kappa shape index (κ2) is 10.5. The lowest BCUT2D eigenvalue weighted by Crippen LogP contribution is -2.21. The average Bonchev–Trinajstić information content (AvgIpc) is 3.17. The molecule has 0 bridgehead atoms. The van der Waals surface area contributed by atoms with Gasteiger partial charge in [0.05, 0.1) is 12.8 Å². The van der Waals surface area contributed by atoms with Gasteiger partial charge in [-0.15, -0.1) is 0 Å². The third-order valence-corrected chi connectivity index (χ3v) is 5.53. The number of ether oxygens (including phenoxy) is 3. The van der Waals surface area contributed by atoms with E-state index in [1.807, 2.05) is 6.92 Å². The van der Waals surface area contributed by atoms with Gasteiger partial charge in [0.25, 0.3) is 5.91 Å². The lowest BCUT2D eigenvalue weighted by molar-refractivity contribution is 0.0785. The Bertz CT molecular complexity index is 1210. The molecule has 11 heteroatoms. The van der Waals surface area contributed by atoms with E-state index in [1.165, 1.54) is 18.3 Å². The molecule has 33 heavy (non-hydrogen) atoms. The van der Waals surface area contributed by atoms with E-state index in [4.69, 9.17) is 14.2 Å². The normalized spacial score (nSPS) is 12.2. The summed E-state index contributed by atoms with van der Waals surface area (Å²) in [5.74, 6) is 1.06. The van der Waals surface area contributed by atoms with E-state index < -0.39 is 15.7 Å². The highest BCUT2D eigenvalue weighted by atomic mass is 32.2. The lowest BCUT2D eigenvalue weighted by Gasteiger charge is -2.18. The van der Waals surface area contributed by atoms with Crippen molar-refractivity contribution in [2.75, 3.05) is 25.3 Å². The summed E-state index contributed by atoms with van der Waals surface area (Å²) in [4.78, 5) is 16.8. The number of nitrogens with zero attached hydrogens (tertiary/aromatic N) is 3. The molecule has 3 rings (SSSR count). The van der Waals surface area contributed by atoms with Crippen LogP contribution in [-0.2, 0) is 21.6 Å². The van der Waals surface area contributed by atoms with Crippen LogP contribution in [0, 0.1) is 0 Å². The SMILES string of the molecule is CCC(COC)Oc1cc(Oc2ccc(S(C)(=O)=O)nc2)cc(C(=O)Nc2ccn(C)n2)c1. The van der Waals surface area contributed by atoms with Crippen LogP contribution in [0.1, 0.15) is 23.7 Å². The van der Waals surface area contributed by atoms with Crippen molar-refractivity contribution >= 4 is 21.6 Å². The van der Waals surface area contributed by atoms with E-state index in [2.05, 4.69) is 15.4 Å². The maximum atomic E-state index is 12.8. The van der Waals surface area contributed by atoms with Gasteiger partial charge < -0.3 is 19.5 Å². The van der Waals surface area contributed by atoms with Crippen LogP contribution >= 0.6 is 0 Å². The van der Waals surface area contributed by atoms with Crippen molar-refractivity contribution in [2.45, 2.75) is 24.5 Å². The average molecular weight is 475 g/mol. The van der Waals surface area contributed by atoms with E-state index in [1.54, 1.807) is 49.3 Å². The van der Waals surface area contributed by atoms with Crippen LogP contribution in [0.2, 0.25) is 0 Å². The quantitative estimate of drug-likeness (QED) is 0.476. The van der Waals surface area contributed by atoms with Gasteiger partial charge >= 0.3 is 0 Å². The van der Waals surface area contributed by atoms with Crippen molar-refractivity contribution in [3.8, 4) is 17.2 Å². The number of methoxy groups -OCH3 is 1. The zero-order valence-electron chi connectivity index (χ0n) is 18.8. The van der Waals surface area contributed by atoms with Gasteiger partial charge in [0.2, 0.25) is 0 Å². The van der Waals surface area contributed by atoms with Crippen molar-refractivity contribution in [3.63, 3.8) is 0 Å². The molecule has 0 saturated carbocycles. The van der Waals surface area contributed by atoms with Crippen LogP contribution in [0.5, 0.6) is 17.2 Å². The number of amides is 1. The van der Waals surface area contributed by atoms with Gasteiger partial charge in [0.1, 0.15) is 23.4 Å². The minimum Gasteiger partial charge on any atom is -0.488 e. The number of hydrogen-bond donors (Lipinski definition) is 1. The van der Waals surface area contributed by atoms with Gasteiger partial charge in [-0.1, -0.05) is 6.92 Å². The predicted octanol–water partition coefficient (Wildman–Crippen LogP) is 3.07. The maximum Gasteiger partial charge on any atom is 0.257 e. The van der Waals surface area contributed by atoms with E-state index in [-0.39, 0.29) is 11.1 Å². The van der Waals surface area contributed by atoms with Gasteiger partial charge in [-0.25, -0.2) is 13.4 Å². The Morgan fingerprint density at radius 2 is 1.91 bits per heavy atom. The zero-order chi connectivity index (χ0) is 24.0. The topological polar surface area (TPSA) is 122 Å². The number of aromatic nitrogens is 3. The first-order valence-electron chi connectivity index (χ1n) is 10.1. The van der Waals surface area contributed by atoms with Gasteiger partial charge in [-0.3, -0.25) is 9.48 Å². The van der Waals surface area contributed by atoms with Gasteiger partial charge in [0, 0.05) is 44.3 Å². The molecule has 2 heterocycles. The number of hydrogen-bond acceptors (Lipinski definition) is 8. The standard InChI is InChI=1S/C22H26N4O6S/c1-5-16(14-30-3)31-18-10-15(22(27)24-20-8-9-26(2)25-20)11-19(12-18)32-17-6-7-21(23-13-17)33(4,28)29/h6-13,16H,5,14H2,1-4H3,(H,24,25,27). The summed E-state index contributed by atoms with van der Waals surface area (Å²) >= 11 is 0. The molecule has 1 aromatic carbocycles. The predicted molar refractivity (Wildman–Crippen MR) is 122 cm³/mol. The van der Waals surface area contributed by atoms with Crippen LogP contribution in [0.4, 0.5) is 5.82 Å². The summed E-state index contributed by atoms with van der Waals surface area (Å²) in [6, 6.07) is 9.31.